The van der Waals surface area contributed by atoms with Crippen LogP contribution in [0.5, 0.6) is 0 Å². The fourth-order valence-corrected chi connectivity index (χ4v) is 2.43. The molecule has 0 unspecified atom stereocenters. The van der Waals surface area contributed by atoms with Crippen LogP contribution in [0.1, 0.15) is 16.7 Å². The summed E-state index contributed by atoms with van der Waals surface area (Å²) in [5.41, 5.74) is 3.06. The summed E-state index contributed by atoms with van der Waals surface area (Å²) in [6.45, 7) is 2.32. The van der Waals surface area contributed by atoms with Crippen molar-refractivity contribution in [1.82, 2.24) is 0 Å². The standard InChI is InChI=1S/C15H12F2N2/c1-9-6-11(16)4-5-14(9)19-8-10-2-3-12(17)7-13(10)15(19)18/h2-7,18H,8H2,1H3. The molecule has 2 aromatic rings. The third kappa shape index (κ3) is 1.89. The van der Waals surface area contributed by atoms with Crippen LogP contribution in [0, 0.1) is 24.0 Å². The number of aryl methyl sites for hydroxylation is 1. The molecule has 0 aromatic heterocycles. The molecule has 3 rings (SSSR count). The lowest BCUT2D eigenvalue weighted by Gasteiger charge is -2.20. The van der Waals surface area contributed by atoms with Gasteiger partial charge in [-0.05, 0) is 48.4 Å². The Balaban J connectivity index is 2.04. The van der Waals surface area contributed by atoms with Gasteiger partial charge >= 0.3 is 0 Å². The number of nitrogens with one attached hydrogen (secondary N) is 1. The van der Waals surface area contributed by atoms with E-state index in [-0.39, 0.29) is 17.5 Å². The van der Waals surface area contributed by atoms with Crippen LogP contribution in [-0.4, -0.2) is 5.84 Å². The highest BCUT2D eigenvalue weighted by Gasteiger charge is 2.26. The van der Waals surface area contributed by atoms with E-state index in [9.17, 15) is 8.78 Å². The first-order valence-electron chi connectivity index (χ1n) is 5.97. The van der Waals surface area contributed by atoms with Crippen LogP contribution in [-0.2, 0) is 6.54 Å². The zero-order valence-corrected chi connectivity index (χ0v) is 10.4. The number of nitrogens with zero attached hydrogens (tertiary/aromatic N) is 1. The lowest BCUT2D eigenvalue weighted by Crippen LogP contribution is -2.23. The summed E-state index contributed by atoms with van der Waals surface area (Å²) in [6.07, 6.45) is 0. The molecule has 2 aromatic carbocycles. The van der Waals surface area contributed by atoms with Gasteiger partial charge in [0.1, 0.15) is 17.5 Å². The number of rotatable bonds is 1. The Morgan fingerprint density at radius 3 is 2.47 bits per heavy atom. The summed E-state index contributed by atoms with van der Waals surface area (Å²) in [4.78, 5) is 1.76. The molecule has 0 saturated carbocycles. The van der Waals surface area contributed by atoms with Crippen molar-refractivity contribution in [3.8, 4) is 0 Å². The molecule has 96 valence electrons. The average molecular weight is 258 g/mol. The second-order valence-electron chi connectivity index (χ2n) is 4.67. The molecular weight excluding hydrogens is 246 g/mol. The van der Waals surface area contributed by atoms with Crippen molar-refractivity contribution in [3.63, 3.8) is 0 Å². The molecule has 0 atom stereocenters. The van der Waals surface area contributed by atoms with E-state index in [2.05, 4.69) is 0 Å². The Morgan fingerprint density at radius 2 is 1.74 bits per heavy atom. The number of amidine groups is 1. The van der Waals surface area contributed by atoms with Gasteiger partial charge in [-0.15, -0.1) is 0 Å². The first-order valence-corrected chi connectivity index (χ1v) is 5.97. The molecule has 1 aliphatic heterocycles. The molecule has 1 aliphatic rings. The average Bonchev–Trinajstić information content (AvgIpc) is 2.67. The van der Waals surface area contributed by atoms with E-state index in [4.69, 9.17) is 5.41 Å². The van der Waals surface area contributed by atoms with Crippen molar-refractivity contribution < 1.29 is 8.78 Å². The number of benzene rings is 2. The van der Waals surface area contributed by atoms with Gasteiger partial charge in [-0.1, -0.05) is 6.07 Å². The van der Waals surface area contributed by atoms with Crippen molar-refractivity contribution in [2.24, 2.45) is 0 Å². The molecule has 0 fully saturated rings. The van der Waals surface area contributed by atoms with Crippen molar-refractivity contribution in [1.29, 1.82) is 5.41 Å². The summed E-state index contributed by atoms with van der Waals surface area (Å²) in [5.74, 6) is -0.388. The molecule has 19 heavy (non-hydrogen) atoms. The molecule has 4 heteroatoms. The van der Waals surface area contributed by atoms with E-state index in [1.54, 1.807) is 24.0 Å². The van der Waals surface area contributed by atoms with Crippen LogP contribution in [0.3, 0.4) is 0 Å². The molecule has 2 nitrogen and oxygen atoms in total. The summed E-state index contributed by atoms with van der Waals surface area (Å²) in [7, 11) is 0. The number of anilines is 1. The molecule has 0 aliphatic carbocycles. The highest BCUT2D eigenvalue weighted by Crippen LogP contribution is 2.31. The maximum atomic E-state index is 13.2. The minimum absolute atomic E-state index is 0.254. The Morgan fingerprint density at radius 1 is 1.05 bits per heavy atom. The minimum atomic E-state index is -0.346. The van der Waals surface area contributed by atoms with Gasteiger partial charge in [0.25, 0.3) is 0 Å². The second kappa shape index (κ2) is 4.16. The molecule has 0 spiro atoms. The first-order chi connectivity index (χ1) is 9.06. The summed E-state index contributed by atoms with van der Waals surface area (Å²) >= 11 is 0. The van der Waals surface area contributed by atoms with Gasteiger partial charge in [-0.2, -0.15) is 0 Å². The van der Waals surface area contributed by atoms with Gasteiger partial charge in [0.15, 0.2) is 0 Å². The quantitative estimate of drug-likeness (QED) is 0.831. The molecular formula is C15H12F2N2. The van der Waals surface area contributed by atoms with E-state index < -0.39 is 0 Å². The molecule has 1 heterocycles. The van der Waals surface area contributed by atoms with Crippen molar-refractivity contribution in [2.45, 2.75) is 13.5 Å². The molecule has 1 N–H and O–H groups in total. The number of hydrogen-bond donors (Lipinski definition) is 1. The van der Waals surface area contributed by atoms with Crippen LogP contribution >= 0.6 is 0 Å². The Bertz CT molecular complexity index is 680. The smallest absolute Gasteiger partial charge is 0.133 e. The van der Waals surface area contributed by atoms with Gasteiger partial charge in [0.05, 0.1) is 6.54 Å². The van der Waals surface area contributed by atoms with E-state index in [0.717, 1.165) is 16.8 Å². The zero-order chi connectivity index (χ0) is 13.6. The zero-order valence-electron chi connectivity index (χ0n) is 10.4. The predicted octanol–water partition coefficient (Wildman–Crippen LogP) is 3.62. The van der Waals surface area contributed by atoms with Crippen LogP contribution in [0.25, 0.3) is 0 Å². The minimum Gasteiger partial charge on any atom is -0.322 e. The Labute approximate surface area is 109 Å². The van der Waals surface area contributed by atoms with Crippen molar-refractivity contribution in [2.75, 3.05) is 4.90 Å². The third-order valence-corrected chi connectivity index (χ3v) is 3.38. The van der Waals surface area contributed by atoms with Gasteiger partial charge in [0, 0.05) is 11.3 Å². The largest absolute Gasteiger partial charge is 0.322 e. The highest BCUT2D eigenvalue weighted by molar-refractivity contribution is 6.11. The van der Waals surface area contributed by atoms with Crippen LogP contribution in [0.4, 0.5) is 14.5 Å². The van der Waals surface area contributed by atoms with Crippen LogP contribution < -0.4 is 4.90 Å². The van der Waals surface area contributed by atoms with Crippen molar-refractivity contribution >= 4 is 11.5 Å². The predicted molar refractivity (Wildman–Crippen MR) is 70.5 cm³/mol. The summed E-state index contributed by atoms with van der Waals surface area (Å²) < 4.78 is 26.4. The van der Waals surface area contributed by atoms with Gasteiger partial charge in [-0.25, -0.2) is 8.78 Å². The maximum absolute atomic E-state index is 13.2. The maximum Gasteiger partial charge on any atom is 0.133 e. The highest BCUT2D eigenvalue weighted by atomic mass is 19.1. The van der Waals surface area contributed by atoms with Gasteiger partial charge in [-0.3, -0.25) is 5.41 Å². The molecule has 0 amide bonds. The first kappa shape index (κ1) is 11.8. The topological polar surface area (TPSA) is 27.1 Å². The van der Waals surface area contributed by atoms with E-state index in [0.29, 0.717) is 12.1 Å². The summed E-state index contributed by atoms with van der Waals surface area (Å²) in [5, 5.41) is 8.14. The molecule has 0 radical (unpaired) electrons. The number of fused-ring (bicyclic) bond motifs is 1. The monoisotopic (exact) mass is 258 g/mol. The Hall–Kier alpha value is -2.23. The normalized spacial score (nSPS) is 13.8. The summed E-state index contributed by atoms with van der Waals surface area (Å²) in [6, 6.07) is 8.93. The van der Waals surface area contributed by atoms with E-state index in [1.807, 2.05) is 0 Å². The van der Waals surface area contributed by atoms with Crippen molar-refractivity contribution in [3.05, 3.63) is 64.7 Å². The number of hydrogen-bond acceptors (Lipinski definition) is 1. The third-order valence-electron chi connectivity index (χ3n) is 3.38. The van der Waals surface area contributed by atoms with Gasteiger partial charge in [0.2, 0.25) is 0 Å². The second-order valence-corrected chi connectivity index (χ2v) is 4.67. The number of halogens is 2. The molecule has 0 bridgehead atoms. The SMILES string of the molecule is Cc1cc(F)ccc1N1Cc2ccc(F)cc2C1=N. The van der Waals surface area contributed by atoms with E-state index in [1.165, 1.54) is 24.3 Å². The molecule has 0 saturated heterocycles. The fourth-order valence-electron chi connectivity index (χ4n) is 2.43. The van der Waals surface area contributed by atoms with Gasteiger partial charge < -0.3 is 4.90 Å². The Kier molecular flexibility index (Phi) is 2.59. The lowest BCUT2D eigenvalue weighted by molar-refractivity contribution is 0.626. The van der Waals surface area contributed by atoms with Crippen LogP contribution in [0.15, 0.2) is 36.4 Å². The van der Waals surface area contributed by atoms with E-state index >= 15 is 0 Å². The van der Waals surface area contributed by atoms with Crippen LogP contribution in [0.2, 0.25) is 0 Å². The fraction of sp³-hybridized carbons (Fsp3) is 0.133. The lowest BCUT2D eigenvalue weighted by atomic mass is 10.1.